The Kier molecular flexibility index (Phi) is 2.63. The summed E-state index contributed by atoms with van der Waals surface area (Å²) >= 11 is 0. The fraction of sp³-hybridized carbons (Fsp3) is 0.571. The van der Waals surface area contributed by atoms with Crippen LogP contribution >= 0.6 is 9.39 Å². The second-order valence-corrected chi connectivity index (χ2v) is 3.68. The maximum atomic E-state index is 11.2. The minimum absolute atomic E-state index is 0.230. The molecule has 1 unspecified atom stereocenters. The van der Waals surface area contributed by atoms with Gasteiger partial charge in [0.15, 0.2) is 5.78 Å². The number of Topliss-reactive ketones (excluding diaryl/α,β-unsaturated/α-hetero) is 1. The standard InChI is InChI=1S/C7H13N2OP/c1-8(2)3-6-4-9(11)5-7(6)10/h3H,4-5,11H2,1-2H3/b6-3+. The van der Waals surface area contributed by atoms with Gasteiger partial charge in [0.05, 0.1) is 6.54 Å². The zero-order chi connectivity index (χ0) is 8.43. The summed E-state index contributed by atoms with van der Waals surface area (Å²) in [7, 11) is 6.38. The summed E-state index contributed by atoms with van der Waals surface area (Å²) in [5.41, 5.74) is 0.894. The maximum absolute atomic E-state index is 11.2. The lowest BCUT2D eigenvalue weighted by Crippen LogP contribution is -2.07. The first kappa shape index (κ1) is 8.69. The van der Waals surface area contributed by atoms with Gasteiger partial charge in [0, 0.05) is 32.4 Å². The van der Waals surface area contributed by atoms with Crippen molar-refractivity contribution in [2.75, 3.05) is 27.2 Å². The molecule has 0 amide bonds. The highest BCUT2D eigenvalue weighted by molar-refractivity contribution is 7.13. The number of hydrogen-bond donors (Lipinski definition) is 0. The van der Waals surface area contributed by atoms with Crippen molar-refractivity contribution in [3.63, 3.8) is 0 Å². The van der Waals surface area contributed by atoms with E-state index in [0.717, 1.165) is 12.1 Å². The predicted molar refractivity (Wildman–Crippen MR) is 48.1 cm³/mol. The second kappa shape index (κ2) is 3.33. The third-order valence-corrected chi connectivity index (χ3v) is 1.86. The van der Waals surface area contributed by atoms with E-state index >= 15 is 0 Å². The van der Waals surface area contributed by atoms with Crippen molar-refractivity contribution in [3.05, 3.63) is 11.8 Å². The molecule has 0 aromatic heterocycles. The van der Waals surface area contributed by atoms with Crippen LogP contribution in [-0.4, -0.2) is 42.5 Å². The van der Waals surface area contributed by atoms with Gasteiger partial charge in [-0.3, -0.25) is 9.46 Å². The van der Waals surface area contributed by atoms with E-state index in [2.05, 4.69) is 9.39 Å². The lowest BCUT2D eigenvalue weighted by atomic mass is 10.2. The van der Waals surface area contributed by atoms with Gasteiger partial charge < -0.3 is 4.90 Å². The van der Waals surface area contributed by atoms with Crippen molar-refractivity contribution in [1.29, 1.82) is 0 Å². The number of ketones is 1. The van der Waals surface area contributed by atoms with Gasteiger partial charge in [0.2, 0.25) is 0 Å². The molecule has 4 heteroatoms. The van der Waals surface area contributed by atoms with E-state index in [9.17, 15) is 4.79 Å². The largest absolute Gasteiger partial charge is 0.383 e. The summed E-state index contributed by atoms with van der Waals surface area (Å²) in [6.45, 7) is 1.28. The number of nitrogens with zero attached hydrogens (tertiary/aromatic N) is 2. The molecule has 0 N–H and O–H groups in total. The van der Waals surface area contributed by atoms with Gasteiger partial charge in [0.1, 0.15) is 0 Å². The Bertz CT molecular complexity index is 201. The van der Waals surface area contributed by atoms with Crippen LogP contribution in [0.25, 0.3) is 0 Å². The number of carbonyl (C=O) groups is 1. The molecule has 0 aromatic carbocycles. The van der Waals surface area contributed by atoms with E-state index in [1.807, 2.05) is 29.9 Å². The molecule has 62 valence electrons. The van der Waals surface area contributed by atoms with E-state index in [4.69, 9.17) is 0 Å². The normalized spacial score (nSPS) is 23.2. The number of carbonyl (C=O) groups excluding carboxylic acids is 1. The number of hydrogen-bond acceptors (Lipinski definition) is 3. The van der Waals surface area contributed by atoms with Crippen LogP contribution in [0.15, 0.2) is 11.8 Å². The first-order valence-electron chi connectivity index (χ1n) is 3.49. The first-order chi connectivity index (χ1) is 5.09. The van der Waals surface area contributed by atoms with Crippen LogP contribution in [0.2, 0.25) is 0 Å². The van der Waals surface area contributed by atoms with E-state index in [1.54, 1.807) is 0 Å². The number of rotatable bonds is 1. The van der Waals surface area contributed by atoms with Gasteiger partial charge >= 0.3 is 0 Å². The lowest BCUT2D eigenvalue weighted by molar-refractivity contribution is -0.114. The third kappa shape index (κ3) is 2.28. The van der Waals surface area contributed by atoms with E-state index < -0.39 is 0 Å². The fourth-order valence-corrected chi connectivity index (χ4v) is 1.44. The lowest BCUT2D eigenvalue weighted by Gasteiger charge is -2.05. The van der Waals surface area contributed by atoms with Crippen molar-refractivity contribution < 1.29 is 4.79 Å². The molecule has 1 saturated heterocycles. The summed E-state index contributed by atoms with van der Waals surface area (Å²) < 4.78 is 1.93. The molecule has 0 spiro atoms. The minimum Gasteiger partial charge on any atom is -0.383 e. The van der Waals surface area contributed by atoms with Crippen molar-refractivity contribution in [3.8, 4) is 0 Å². The minimum atomic E-state index is 0.230. The van der Waals surface area contributed by atoms with Gasteiger partial charge in [-0.2, -0.15) is 0 Å². The molecule has 0 radical (unpaired) electrons. The van der Waals surface area contributed by atoms with Gasteiger partial charge in [-0.15, -0.1) is 0 Å². The summed E-state index contributed by atoms with van der Waals surface area (Å²) in [5, 5.41) is 0. The molecule has 0 aromatic rings. The van der Waals surface area contributed by atoms with Gasteiger partial charge in [0.25, 0.3) is 0 Å². The van der Waals surface area contributed by atoms with Gasteiger partial charge in [-0.25, -0.2) is 0 Å². The summed E-state index contributed by atoms with van der Waals surface area (Å²) in [4.78, 5) is 13.1. The van der Waals surface area contributed by atoms with Crippen LogP contribution in [-0.2, 0) is 4.79 Å². The molecule has 0 aliphatic carbocycles. The molecule has 1 aliphatic rings. The van der Waals surface area contributed by atoms with Crippen LogP contribution in [0, 0.1) is 0 Å². The fourth-order valence-electron chi connectivity index (χ4n) is 1.07. The summed E-state index contributed by atoms with van der Waals surface area (Å²) in [5.74, 6) is 0.230. The zero-order valence-electron chi connectivity index (χ0n) is 6.87. The van der Waals surface area contributed by atoms with Crippen LogP contribution in [0.1, 0.15) is 0 Å². The topological polar surface area (TPSA) is 23.6 Å². The van der Waals surface area contributed by atoms with Crippen molar-refractivity contribution >= 4 is 15.2 Å². The zero-order valence-corrected chi connectivity index (χ0v) is 8.03. The molecule has 0 bridgehead atoms. The highest BCUT2D eigenvalue weighted by atomic mass is 31.0. The van der Waals surface area contributed by atoms with E-state index in [1.165, 1.54) is 0 Å². The molecular formula is C7H13N2OP. The molecule has 3 nitrogen and oxygen atoms in total. The van der Waals surface area contributed by atoms with Crippen molar-refractivity contribution in [2.45, 2.75) is 0 Å². The smallest absolute Gasteiger partial charge is 0.175 e. The van der Waals surface area contributed by atoms with E-state index in [-0.39, 0.29) is 5.78 Å². The maximum Gasteiger partial charge on any atom is 0.175 e. The van der Waals surface area contributed by atoms with Crippen molar-refractivity contribution in [1.82, 2.24) is 9.57 Å². The Morgan fingerprint density at radius 3 is 2.55 bits per heavy atom. The van der Waals surface area contributed by atoms with Gasteiger partial charge in [-0.05, 0) is 0 Å². The average molecular weight is 172 g/mol. The molecule has 1 heterocycles. The monoisotopic (exact) mass is 172 g/mol. The Labute approximate surface area is 69.3 Å². The first-order valence-corrected chi connectivity index (χ1v) is 4.01. The van der Waals surface area contributed by atoms with Crippen LogP contribution in [0.3, 0.4) is 0 Å². The molecule has 1 fully saturated rings. The summed E-state index contributed by atoms with van der Waals surface area (Å²) in [6, 6.07) is 0. The highest BCUT2D eigenvalue weighted by Gasteiger charge is 2.21. The highest BCUT2D eigenvalue weighted by Crippen LogP contribution is 2.14. The molecule has 1 rings (SSSR count). The van der Waals surface area contributed by atoms with Crippen LogP contribution in [0.4, 0.5) is 0 Å². The molecule has 1 atom stereocenters. The Morgan fingerprint density at radius 1 is 1.55 bits per heavy atom. The molecule has 0 saturated carbocycles. The van der Waals surface area contributed by atoms with Crippen LogP contribution < -0.4 is 0 Å². The van der Waals surface area contributed by atoms with E-state index in [0.29, 0.717) is 6.54 Å². The third-order valence-electron chi connectivity index (χ3n) is 1.49. The SMILES string of the molecule is CN(C)/C=C1\CN(P)CC1=O. The predicted octanol–water partition coefficient (Wildman–Crippen LogP) is 0.107. The van der Waals surface area contributed by atoms with Crippen LogP contribution in [0.5, 0.6) is 0 Å². The summed E-state index contributed by atoms with van der Waals surface area (Å²) in [6.07, 6.45) is 1.88. The average Bonchev–Trinajstić information content (AvgIpc) is 2.09. The van der Waals surface area contributed by atoms with Crippen molar-refractivity contribution in [2.24, 2.45) is 0 Å². The second-order valence-electron chi connectivity index (χ2n) is 2.95. The Balaban J connectivity index is 2.67. The quantitative estimate of drug-likeness (QED) is 0.414. The molecule has 11 heavy (non-hydrogen) atoms. The Hall–Kier alpha value is -0.400. The Morgan fingerprint density at radius 2 is 2.18 bits per heavy atom. The molecular weight excluding hydrogens is 159 g/mol. The molecule has 1 aliphatic heterocycles. The van der Waals surface area contributed by atoms with Gasteiger partial charge in [-0.1, -0.05) is 9.39 Å².